The van der Waals surface area contributed by atoms with E-state index in [1.807, 2.05) is 31.2 Å². The van der Waals surface area contributed by atoms with Crippen molar-refractivity contribution < 1.29 is 4.79 Å². The Labute approximate surface area is 140 Å². The molecule has 0 fully saturated rings. The number of amides is 1. The van der Waals surface area contributed by atoms with Gasteiger partial charge in [-0.1, -0.05) is 51.8 Å². The number of aryl methyl sites for hydroxylation is 2. The summed E-state index contributed by atoms with van der Waals surface area (Å²) in [6.07, 6.45) is 0.456. The zero-order chi connectivity index (χ0) is 15.9. The largest absolute Gasteiger partial charge is 0.326 e. The molecule has 22 heavy (non-hydrogen) atoms. The average molecular weight is 361 g/mol. The SMILES string of the molecule is Cc1cccc(CNCCC(=O)Nc2ccc(C)c(Br)c2)c1. The predicted molar refractivity (Wildman–Crippen MR) is 95.0 cm³/mol. The van der Waals surface area contributed by atoms with Crippen molar-refractivity contribution in [1.82, 2.24) is 5.32 Å². The van der Waals surface area contributed by atoms with Crippen LogP contribution in [0, 0.1) is 13.8 Å². The molecule has 2 aromatic carbocycles. The number of rotatable bonds is 6. The molecule has 2 N–H and O–H groups in total. The van der Waals surface area contributed by atoms with Crippen LogP contribution in [0.2, 0.25) is 0 Å². The number of nitrogens with one attached hydrogen (secondary N) is 2. The summed E-state index contributed by atoms with van der Waals surface area (Å²) in [6, 6.07) is 14.2. The van der Waals surface area contributed by atoms with Gasteiger partial charge in [0.05, 0.1) is 0 Å². The Bertz CT molecular complexity index is 655. The molecule has 116 valence electrons. The first-order chi connectivity index (χ1) is 10.5. The molecule has 0 spiro atoms. The van der Waals surface area contributed by atoms with Crippen molar-refractivity contribution in [3.8, 4) is 0 Å². The summed E-state index contributed by atoms with van der Waals surface area (Å²) >= 11 is 3.47. The second kappa shape index (κ2) is 8.11. The Hall–Kier alpha value is -1.65. The van der Waals surface area contributed by atoms with Crippen molar-refractivity contribution in [2.75, 3.05) is 11.9 Å². The van der Waals surface area contributed by atoms with E-state index in [4.69, 9.17) is 0 Å². The van der Waals surface area contributed by atoms with Gasteiger partial charge in [-0.05, 0) is 37.1 Å². The van der Waals surface area contributed by atoms with E-state index in [1.165, 1.54) is 11.1 Å². The van der Waals surface area contributed by atoms with E-state index in [0.717, 1.165) is 22.3 Å². The van der Waals surface area contributed by atoms with Crippen LogP contribution in [-0.4, -0.2) is 12.5 Å². The van der Waals surface area contributed by atoms with Crippen LogP contribution >= 0.6 is 15.9 Å². The minimum absolute atomic E-state index is 0.0208. The third-order valence-electron chi connectivity index (χ3n) is 3.40. The van der Waals surface area contributed by atoms with Crippen LogP contribution in [0.15, 0.2) is 46.9 Å². The molecule has 0 unspecified atom stereocenters. The number of hydrogen-bond acceptors (Lipinski definition) is 2. The molecule has 0 aliphatic rings. The summed E-state index contributed by atoms with van der Waals surface area (Å²) in [4.78, 5) is 11.9. The Morgan fingerprint density at radius 2 is 1.95 bits per heavy atom. The van der Waals surface area contributed by atoms with Gasteiger partial charge in [-0.25, -0.2) is 0 Å². The van der Waals surface area contributed by atoms with Gasteiger partial charge >= 0.3 is 0 Å². The third-order valence-corrected chi connectivity index (χ3v) is 4.25. The van der Waals surface area contributed by atoms with Gasteiger partial charge in [-0.2, -0.15) is 0 Å². The predicted octanol–water partition coefficient (Wildman–Crippen LogP) is 4.18. The molecule has 0 radical (unpaired) electrons. The molecule has 0 bridgehead atoms. The van der Waals surface area contributed by atoms with Crippen LogP contribution in [0.25, 0.3) is 0 Å². The molecule has 0 saturated carbocycles. The van der Waals surface area contributed by atoms with Crippen molar-refractivity contribution in [3.63, 3.8) is 0 Å². The number of halogens is 1. The molecule has 0 saturated heterocycles. The van der Waals surface area contributed by atoms with Gasteiger partial charge in [0, 0.05) is 29.7 Å². The second-order valence-electron chi connectivity index (χ2n) is 5.43. The quantitative estimate of drug-likeness (QED) is 0.758. The van der Waals surface area contributed by atoms with Crippen molar-refractivity contribution in [1.29, 1.82) is 0 Å². The zero-order valence-corrected chi connectivity index (χ0v) is 14.5. The van der Waals surface area contributed by atoms with Crippen LogP contribution in [0.5, 0.6) is 0 Å². The number of carbonyl (C=O) groups excluding carboxylic acids is 1. The second-order valence-corrected chi connectivity index (χ2v) is 6.28. The van der Waals surface area contributed by atoms with Crippen LogP contribution in [-0.2, 0) is 11.3 Å². The summed E-state index contributed by atoms with van der Waals surface area (Å²) in [5.74, 6) is 0.0208. The Morgan fingerprint density at radius 1 is 1.14 bits per heavy atom. The van der Waals surface area contributed by atoms with E-state index in [2.05, 4.69) is 51.7 Å². The van der Waals surface area contributed by atoms with Gasteiger partial charge in [-0.3, -0.25) is 4.79 Å². The molecule has 0 heterocycles. The van der Waals surface area contributed by atoms with Gasteiger partial charge in [0.15, 0.2) is 0 Å². The molecular formula is C18H21BrN2O. The maximum Gasteiger partial charge on any atom is 0.225 e. The molecule has 2 rings (SSSR count). The van der Waals surface area contributed by atoms with Crippen LogP contribution in [0.3, 0.4) is 0 Å². The lowest BCUT2D eigenvalue weighted by molar-refractivity contribution is -0.116. The summed E-state index contributed by atoms with van der Waals surface area (Å²) in [5.41, 5.74) is 4.46. The van der Waals surface area contributed by atoms with Crippen molar-refractivity contribution in [3.05, 3.63) is 63.6 Å². The fourth-order valence-corrected chi connectivity index (χ4v) is 2.53. The van der Waals surface area contributed by atoms with Crippen LogP contribution < -0.4 is 10.6 Å². The molecule has 4 heteroatoms. The lowest BCUT2D eigenvalue weighted by Crippen LogP contribution is -2.21. The topological polar surface area (TPSA) is 41.1 Å². The molecule has 0 aliphatic heterocycles. The van der Waals surface area contributed by atoms with Gasteiger partial charge in [0.2, 0.25) is 5.91 Å². The summed E-state index contributed by atoms with van der Waals surface area (Å²) in [7, 11) is 0. The van der Waals surface area contributed by atoms with E-state index in [9.17, 15) is 4.79 Å². The Morgan fingerprint density at radius 3 is 2.68 bits per heavy atom. The monoisotopic (exact) mass is 360 g/mol. The fraction of sp³-hybridized carbons (Fsp3) is 0.278. The Kier molecular flexibility index (Phi) is 6.16. The standard InChI is InChI=1S/C18H21BrN2O/c1-13-4-3-5-15(10-13)12-20-9-8-18(22)21-16-7-6-14(2)17(19)11-16/h3-7,10-11,20H,8-9,12H2,1-2H3,(H,21,22). The van der Waals surface area contributed by atoms with Crippen LogP contribution in [0.1, 0.15) is 23.1 Å². The molecule has 3 nitrogen and oxygen atoms in total. The average Bonchev–Trinajstić information content (AvgIpc) is 2.48. The lowest BCUT2D eigenvalue weighted by atomic mass is 10.1. The fourth-order valence-electron chi connectivity index (χ4n) is 2.15. The van der Waals surface area contributed by atoms with Crippen LogP contribution in [0.4, 0.5) is 5.69 Å². The molecule has 2 aromatic rings. The highest BCUT2D eigenvalue weighted by atomic mass is 79.9. The lowest BCUT2D eigenvalue weighted by Gasteiger charge is -2.08. The normalized spacial score (nSPS) is 10.5. The Balaban J connectivity index is 1.72. The summed E-state index contributed by atoms with van der Waals surface area (Å²) in [6.45, 7) is 5.54. The van der Waals surface area contributed by atoms with Gasteiger partial charge < -0.3 is 10.6 Å². The van der Waals surface area contributed by atoms with Crippen molar-refractivity contribution in [2.24, 2.45) is 0 Å². The highest BCUT2D eigenvalue weighted by molar-refractivity contribution is 9.10. The highest BCUT2D eigenvalue weighted by Gasteiger charge is 2.03. The van der Waals surface area contributed by atoms with Crippen molar-refractivity contribution in [2.45, 2.75) is 26.8 Å². The maximum absolute atomic E-state index is 11.9. The molecule has 1 amide bonds. The first-order valence-electron chi connectivity index (χ1n) is 7.37. The van der Waals surface area contributed by atoms with Crippen molar-refractivity contribution >= 4 is 27.5 Å². The van der Waals surface area contributed by atoms with Gasteiger partial charge in [0.1, 0.15) is 0 Å². The highest BCUT2D eigenvalue weighted by Crippen LogP contribution is 2.20. The first kappa shape index (κ1) is 16.7. The van der Waals surface area contributed by atoms with E-state index in [1.54, 1.807) is 0 Å². The number of hydrogen-bond donors (Lipinski definition) is 2. The van der Waals surface area contributed by atoms with Gasteiger partial charge in [0.25, 0.3) is 0 Å². The number of carbonyl (C=O) groups is 1. The molecular weight excluding hydrogens is 340 g/mol. The number of benzene rings is 2. The van der Waals surface area contributed by atoms with Gasteiger partial charge in [-0.15, -0.1) is 0 Å². The van der Waals surface area contributed by atoms with E-state index >= 15 is 0 Å². The molecule has 0 atom stereocenters. The zero-order valence-electron chi connectivity index (χ0n) is 12.9. The van der Waals surface area contributed by atoms with E-state index < -0.39 is 0 Å². The summed E-state index contributed by atoms with van der Waals surface area (Å²) < 4.78 is 1.00. The third kappa shape index (κ3) is 5.28. The smallest absolute Gasteiger partial charge is 0.225 e. The van der Waals surface area contributed by atoms with E-state index in [0.29, 0.717) is 13.0 Å². The molecule has 0 aromatic heterocycles. The summed E-state index contributed by atoms with van der Waals surface area (Å²) in [5, 5.41) is 6.20. The number of anilines is 1. The minimum atomic E-state index is 0.0208. The first-order valence-corrected chi connectivity index (χ1v) is 8.16. The molecule has 0 aliphatic carbocycles. The van der Waals surface area contributed by atoms with E-state index in [-0.39, 0.29) is 5.91 Å². The maximum atomic E-state index is 11.9. The minimum Gasteiger partial charge on any atom is -0.326 e.